The van der Waals surface area contributed by atoms with Crippen LogP contribution in [-0.2, 0) is 12.8 Å². The molecule has 0 fully saturated rings. The van der Waals surface area contributed by atoms with Crippen LogP contribution >= 0.6 is 11.3 Å². The smallest absolute Gasteiger partial charge is 0.0412 e. The number of fused-ring (bicyclic) bond motifs is 1. The molecule has 102 valence electrons. The first-order valence-corrected chi connectivity index (χ1v) is 8.45. The summed E-state index contributed by atoms with van der Waals surface area (Å²) in [5, 5.41) is 3.51. The third-order valence-corrected chi connectivity index (χ3v) is 5.40. The minimum Gasteiger partial charge on any atom is -0.312 e. The van der Waals surface area contributed by atoms with Crippen LogP contribution in [0.25, 0.3) is 0 Å². The minimum atomic E-state index is 0.591. The summed E-state index contributed by atoms with van der Waals surface area (Å²) in [5.41, 5.74) is 1.66. The Morgan fingerprint density at radius 1 is 1.22 bits per heavy atom. The Bertz CT molecular complexity index is 332. The molecule has 1 aromatic rings. The van der Waals surface area contributed by atoms with Crippen molar-refractivity contribution < 1.29 is 0 Å². The lowest BCUT2D eigenvalue weighted by Gasteiger charge is -2.14. The Hall–Kier alpha value is -0.340. The van der Waals surface area contributed by atoms with Crippen molar-refractivity contribution in [1.82, 2.24) is 5.32 Å². The lowest BCUT2D eigenvalue weighted by molar-refractivity contribution is 0.518. The molecule has 1 heterocycles. The molecule has 0 radical (unpaired) electrons. The van der Waals surface area contributed by atoms with Gasteiger partial charge in [-0.25, -0.2) is 0 Å². The van der Waals surface area contributed by atoms with Crippen LogP contribution in [-0.4, -0.2) is 7.05 Å². The average molecular weight is 265 g/mol. The van der Waals surface area contributed by atoms with E-state index in [4.69, 9.17) is 0 Å². The van der Waals surface area contributed by atoms with Crippen molar-refractivity contribution in [3.63, 3.8) is 0 Å². The molecule has 0 spiro atoms. The van der Waals surface area contributed by atoms with E-state index in [1.54, 1.807) is 15.3 Å². The monoisotopic (exact) mass is 265 g/mol. The zero-order valence-electron chi connectivity index (χ0n) is 11.9. The molecule has 1 aliphatic rings. The maximum atomic E-state index is 3.51. The summed E-state index contributed by atoms with van der Waals surface area (Å²) in [4.78, 5) is 3.26. The standard InChI is InChI=1S/C16H27NS/c1-3-4-6-10-14(17-2)16-12-13-9-7-5-8-11-15(13)18-16/h12,14,17H,3-11H2,1-2H3. The number of hydrogen-bond donors (Lipinski definition) is 1. The molecule has 0 amide bonds. The van der Waals surface area contributed by atoms with Gasteiger partial charge in [0.2, 0.25) is 0 Å². The molecular formula is C16H27NS. The van der Waals surface area contributed by atoms with E-state index in [9.17, 15) is 0 Å². The quantitative estimate of drug-likeness (QED) is 0.572. The molecule has 1 N–H and O–H groups in total. The van der Waals surface area contributed by atoms with Crippen LogP contribution in [0.15, 0.2) is 6.07 Å². The molecule has 0 aromatic carbocycles. The summed E-state index contributed by atoms with van der Waals surface area (Å²) in [6.45, 7) is 2.28. The topological polar surface area (TPSA) is 12.0 Å². The van der Waals surface area contributed by atoms with Gasteiger partial charge in [-0.05, 0) is 50.8 Å². The Balaban J connectivity index is 2.02. The molecule has 2 heteroatoms. The number of hydrogen-bond acceptors (Lipinski definition) is 2. The molecule has 1 unspecified atom stereocenters. The van der Waals surface area contributed by atoms with Gasteiger partial charge in [0.25, 0.3) is 0 Å². The van der Waals surface area contributed by atoms with Gasteiger partial charge in [0.05, 0.1) is 0 Å². The fourth-order valence-corrected chi connectivity index (χ4v) is 4.29. The van der Waals surface area contributed by atoms with Gasteiger partial charge < -0.3 is 5.32 Å². The van der Waals surface area contributed by atoms with E-state index in [-0.39, 0.29) is 0 Å². The zero-order valence-corrected chi connectivity index (χ0v) is 12.7. The third-order valence-electron chi connectivity index (χ3n) is 4.05. The number of thiophene rings is 1. The molecule has 2 rings (SSSR count). The van der Waals surface area contributed by atoms with Crippen LogP contribution in [0, 0.1) is 0 Å². The summed E-state index contributed by atoms with van der Waals surface area (Å²) in [6, 6.07) is 3.09. The highest BCUT2D eigenvalue weighted by atomic mass is 32.1. The van der Waals surface area contributed by atoms with Gasteiger partial charge in [0.1, 0.15) is 0 Å². The molecule has 0 saturated carbocycles. The van der Waals surface area contributed by atoms with Crippen LogP contribution in [0.3, 0.4) is 0 Å². The molecule has 1 atom stereocenters. The number of rotatable bonds is 6. The minimum absolute atomic E-state index is 0.591. The van der Waals surface area contributed by atoms with Gasteiger partial charge in [0.15, 0.2) is 0 Å². The SMILES string of the molecule is CCCCCC(NC)c1cc2c(s1)CCCCC2. The van der Waals surface area contributed by atoms with E-state index in [2.05, 4.69) is 36.7 Å². The molecule has 0 saturated heterocycles. The van der Waals surface area contributed by atoms with Crippen LogP contribution in [0.2, 0.25) is 0 Å². The Morgan fingerprint density at radius 3 is 2.83 bits per heavy atom. The summed E-state index contributed by atoms with van der Waals surface area (Å²) in [5.74, 6) is 0. The maximum Gasteiger partial charge on any atom is 0.0412 e. The molecule has 1 nitrogen and oxygen atoms in total. The summed E-state index contributed by atoms with van der Waals surface area (Å²) in [6.07, 6.45) is 12.2. The predicted molar refractivity (Wildman–Crippen MR) is 81.5 cm³/mol. The van der Waals surface area contributed by atoms with Crippen LogP contribution < -0.4 is 5.32 Å². The lowest BCUT2D eigenvalue weighted by atomic mass is 10.1. The van der Waals surface area contributed by atoms with Gasteiger partial charge in [0, 0.05) is 15.8 Å². The second-order valence-electron chi connectivity index (χ2n) is 5.49. The summed E-state index contributed by atoms with van der Waals surface area (Å²) >= 11 is 2.08. The highest BCUT2D eigenvalue weighted by Crippen LogP contribution is 2.33. The Morgan fingerprint density at radius 2 is 2.06 bits per heavy atom. The van der Waals surface area contributed by atoms with Gasteiger partial charge in [-0.2, -0.15) is 0 Å². The van der Waals surface area contributed by atoms with Gasteiger partial charge in [-0.1, -0.05) is 32.6 Å². The van der Waals surface area contributed by atoms with E-state index in [1.165, 1.54) is 57.8 Å². The summed E-state index contributed by atoms with van der Waals surface area (Å²) < 4.78 is 0. The molecule has 1 aliphatic carbocycles. The predicted octanol–water partition coefficient (Wildman–Crippen LogP) is 4.86. The van der Waals surface area contributed by atoms with Crippen molar-refractivity contribution >= 4 is 11.3 Å². The first-order chi connectivity index (χ1) is 8.85. The molecule has 1 aromatic heterocycles. The van der Waals surface area contributed by atoms with Crippen molar-refractivity contribution in [3.8, 4) is 0 Å². The first-order valence-electron chi connectivity index (χ1n) is 7.64. The Kier molecular flexibility index (Phi) is 5.71. The normalized spacial score (nSPS) is 17.2. The van der Waals surface area contributed by atoms with Crippen molar-refractivity contribution in [2.24, 2.45) is 0 Å². The maximum absolute atomic E-state index is 3.51. The van der Waals surface area contributed by atoms with E-state index >= 15 is 0 Å². The van der Waals surface area contributed by atoms with Crippen molar-refractivity contribution in [2.45, 2.75) is 70.8 Å². The van der Waals surface area contributed by atoms with E-state index < -0.39 is 0 Å². The molecule has 18 heavy (non-hydrogen) atoms. The molecule has 0 aliphatic heterocycles. The van der Waals surface area contributed by atoms with Crippen LogP contribution in [0.5, 0.6) is 0 Å². The number of nitrogens with one attached hydrogen (secondary N) is 1. The first kappa shape index (κ1) is 14.1. The second kappa shape index (κ2) is 7.30. The van der Waals surface area contributed by atoms with Crippen molar-refractivity contribution in [3.05, 3.63) is 21.4 Å². The zero-order chi connectivity index (χ0) is 12.8. The van der Waals surface area contributed by atoms with Crippen molar-refractivity contribution in [2.75, 3.05) is 7.05 Å². The molecular weight excluding hydrogens is 238 g/mol. The van der Waals surface area contributed by atoms with E-state index in [1.807, 2.05) is 0 Å². The van der Waals surface area contributed by atoms with E-state index in [0.29, 0.717) is 6.04 Å². The van der Waals surface area contributed by atoms with Crippen LogP contribution in [0.4, 0.5) is 0 Å². The fraction of sp³-hybridized carbons (Fsp3) is 0.750. The number of unbranched alkanes of at least 4 members (excludes halogenated alkanes) is 2. The van der Waals surface area contributed by atoms with Crippen LogP contribution in [0.1, 0.15) is 73.2 Å². The lowest BCUT2D eigenvalue weighted by Crippen LogP contribution is -2.14. The van der Waals surface area contributed by atoms with Gasteiger partial charge >= 0.3 is 0 Å². The Labute approximate surface area is 116 Å². The summed E-state index contributed by atoms with van der Waals surface area (Å²) in [7, 11) is 2.11. The second-order valence-corrected chi connectivity index (χ2v) is 6.66. The highest BCUT2D eigenvalue weighted by molar-refractivity contribution is 7.12. The third kappa shape index (κ3) is 3.58. The molecule has 0 bridgehead atoms. The van der Waals surface area contributed by atoms with Gasteiger partial charge in [-0.3, -0.25) is 0 Å². The number of aryl methyl sites for hydroxylation is 2. The van der Waals surface area contributed by atoms with Gasteiger partial charge in [-0.15, -0.1) is 11.3 Å². The fourth-order valence-electron chi connectivity index (χ4n) is 2.89. The van der Waals surface area contributed by atoms with E-state index in [0.717, 1.165) is 0 Å². The average Bonchev–Trinajstić information content (AvgIpc) is 2.66. The van der Waals surface area contributed by atoms with Crippen molar-refractivity contribution in [1.29, 1.82) is 0 Å². The highest BCUT2D eigenvalue weighted by Gasteiger charge is 2.17. The largest absolute Gasteiger partial charge is 0.312 e.